The molecule has 3 aromatic rings. The van der Waals surface area contributed by atoms with E-state index in [0.29, 0.717) is 28.7 Å². The topological polar surface area (TPSA) is 102 Å². The molecule has 2 heterocycles. The number of benzene rings is 1. The van der Waals surface area contributed by atoms with Crippen molar-refractivity contribution in [2.75, 3.05) is 12.4 Å². The maximum atomic E-state index is 12.4. The van der Waals surface area contributed by atoms with Crippen LogP contribution in [0.4, 0.5) is 10.5 Å². The molecule has 1 aromatic carbocycles. The van der Waals surface area contributed by atoms with Crippen molar-refractivity contribution in [1.82, 2.24) is 20.4 Å². The fraction of sp³-hybridized carbons (Fsp3) is 0.294. The lowest BCUT2D eigenvalue weighted by Crippen LogP contribution is -2.43. The fourth-order valence-corrected chi connectivity index (χ4v) is 2.46. The number of carbonyl (C=O) groups excluding carboxylic acids is 1. The van der Waals surface area contributed by atoms with E-state index in [9.17, 15) is 4.79 Å². The summed E-state index contributed by atoms with van der Waals surface area (Å²) < 4.78 is 10.5. The van der Waals surface area contributed by atoms with E-state index in [0.717, 1.165) is 5.39 Å². The molecule has 0 aliphatic carbocycles. The van der Waals surface area contributed by atoms with Gasteiger partial charge in [0.15, 0.2) is 5.82 Å². The molecule has 0 saturated carbocycles. The summed E-state index contributed by atoms with van der Waals surface area (Å²) in [6, 6.07) is 6.81. The molecule has 0 aliphatic heterocycles. The van der Waals surface area contributed by atoms with Crippen LogP contribution in [0.3, 0.4) is 0 Å². The average molecular weight is 341 g/mol. The van der Waals surface area contributed by atoms with Gasteiger partial charge in [0, 0.05) is 11.6 Å². The minimum Gasteiger partial charge on any atom is -0.494 e. The van der Waals surface area contributed by atoms with Crippen LogP contribution in [0.5, 0.6) is 5.75 Å². The molecular formula is C17H19N5O3. The molecule has 8 nitrogen and oxygen atoms in total. The second-order valence-corrected chi connectivity index (χ2v) is 6.07. The molecule has 3 rings (SSSR count). The van der Waals surface area contributed by atoms with Gasteiger partial charge in [0.05, 0.1) is 12.8 Å². The van der Waals surface area contributed by atoms with Crippen molar-refractivity contribution in [3.63, 3.8) is 0 Å². The molecule has 0 radical (unpaired) electrons. The van der Waals surface area contributed by atoms with Crippen LogP contribution in [0.1, 0.15) is 25.6 Å². The van der Waals surface area contributed by atoms with Crippen LogP contribution in [0.15, 0.2) is 35.0 Å². The van der Waals surface area contributed by atoms with Crippen molar-refractivity contribution in [3.8, 4) is 5.75 Å². The largest absolute Gasteiger partial charge is 0.494 e. The highest BCUT2D eigenvalue weighted by Gasteiger charge is 2.29. The van der Waals surface area contributed by atoms with Crippen LogP contribution in [0.2, 0.25) is 0 Å². The number of nitrogens with zero attached hydrogens (tertiary/aromatic N) is 3. The molecule has 130 valence electrons. The lowest BCUT2D eigenvalue weighted by atomic mass is 10.1. The Kier molecular flexibility index (Phi) is 4.26. The monoisotopic (exact) mass is 341 g/mol. The molecule has 0 fully saturated rings. The number of hydrogen-bond donors (Lipinski definition) is 2. The number of fused-ring (bicyclic) bond motifs is 1. The smallest absolute Gasteiger partial charge is 0.320 e. The van der Waals surface area contributed by atoms with Gasteiger partial charge in [-0.25, -0.2) is 4.79 Å². The fourth-order valence-electron chi connectivity index (χ4n) is 2.46. The van der Waals surface area contributed by atoms with E-state index >= 15 is 0 Å². The van der Waals surface area contributed by atoms with Gasteiger partial charge in [0.2, 0.25) is 0 Å². The van der Waals surface area contributed by atoms with Crippen molar-refractivity contribution in [2.24, 2.45) is 0 Å². The highest BCUT2D eigenvalue weighted by Crippen LogP contribution is 2.29. The number of amides is 2. The van der Waals surface area contributed by atoms with Crippen molar-refractivity contribution in [2.45, 2.75) is 26.3 Å². The molecule has 2 N–H and O–H groups in total. The van der Waals surface area contributed by atoms with Crippen LogP contribution in [-0.4, -0.2) is 28.3 Å². The number of anilines is 1. The van der Waals surface area contributed by atoms with Gasteiger partial charge in [-0.15, -0.1) is 0 Å². The van der Waals surface area contributed by atoms with Gasteiger partial charge in [-0.3, -0.25) is 4.98 Å². The summed E-state index contributed by atoms with van der Waals surface area (Å²) in [5.74, 6) is 1.49. The Morgan fingerprint density at radius 1 is 1.28 bits per heavy atom. The number of urea groups is 1. The Morgan fingerprint density at radius 3 is 2.76 bits per heavy atom. The highest BCUT2D eigenvalue weighted by atomic mass is 16.5. The first-order valence-electron chi connectivity index (χ1n) is 7.72. The Balaban J connectivity index is 1.83. The molecule has 8 heteroatoms. The van der Waals surface area contributed by atoms with Crippen LogP contribution in [-0.2, 0) is 5.54 Å². The number of rotatable bonds is 4. The summed E-state index contributed by atoms with van der Waals surface area (Å²) in [7, 11) is 1.58. The zero-order chi connectivity index (χ0) is 18.0. The van der Waals surface area contributed by atoms with Gasteiger partial charge in [0.25, 0.3) is 5.89 Å². The van der Waals surface area contributed by atoms with Gasteiger partial charge in [-0.1, -0.05) is 5.16 Å². The van der Waals surface area contributed by atoms with Crippen molar-refractivity contribution in [1.29, 1.82) is 0 Å². The van der Waals surface area contributed by atoms with Gasteiger partial charge < -0.3 is 19.9 Å². The number of aromatic nitrogens is 3. The Bertz CT molecular complexity index is 920. The average Bonchev–Trinajstić information content (AvgIpc) is 3.02. The van der Waals surface area contributed by atoms with E-state index in [-0.39, 0.29) is 0 Å². The molecule has 0 spiro atoms. The molecule has 0 bridgehead atoms. The van der Waals surface area contributed by atoms with Gasteiger partial charge in [0.1, 0.15) is 16.8 Å². The number of ether oxygens (including phenoxy) is 1. The van der Waals surface area contributed by atoms with Crippen LogP contribution in [0, 0.1) is 6.92 Å². The first kappa shape index (κ1) is 16.7. The van der Waals surface area contributed by atoms with E-state index in [1.165, 1.54) is 0 Å². The summed E-state index contributed by atoms with van der Waals surface area (Å²) in [5, 5.41) is 10.2. The van der Waals surface area contributed by atoms with Gasteiger partial charge in [-0.05, 0) is 45.0 Å². The summed E-state index contributed by atoms with van der Waals surface area (Å²) in [6.45, 7) is 5.29. The standard InChI is InChI=1S/C17H19N5O3/c1-10-19-15(25-22-10)17(2,3)21-16(23)20-12-7-8-13(24-4)14-11(12)6-5-9-18-14/h5-9H,1-4H3,(H2,20,21,23). The molecule has 25 heavy (non-hydrogen) atoms. The number of aryl methyl sites for hydroxylation is 1. The highest BCUT2D eigenvalue weighted by molar-refractivity contribution is 6.02. The normalized spacial score (nSPS) is 11.4. The maximum absolute atomic E-state index is 12.4. The van der Waals surface area contributed by atoms with Gasteiger partial charge >= 0.3 is 6.03 Å². The van der Waals surface area contributed by atoms with Crippen LogP contribution in [0.25, 0.3) is 10.9 Å². The number of hydrogen-bond acceptors (Lipinski definition) is 6. The van der Waals surface area contributed by atoms with E-state index in [1.54, 1.807) is 52.3 Å². The summed E-state index contributed by atoms with van der Waals surface area (Å²) in [4.78, 5) is 20.9. The first-order valence-corrected chi connectivity index (χ1v) is 7.72. The lowest BCUT2D eigenvalue weighted by molar-refractivity contribution is 0.228. The van der Waals surface area contributed by atoms with E-state index < -0.39 is 11.6 Å². The second kappa shape index (κ2) is 6.39. The third-order valence-corrected chi connectivity index (χ3v) is 3.69. The maximum Gasteiger partial charge on any atom is 0.320 e. The number of carbonyl (C=O) groups is 1. The zero-order valence-electron chi connectivity index (χ0n) is 14.5. The third kappa shape index (κ3) is 3.37. The molecule has 0 unspecified atom stereocenters. The van der Waals surface area contributed by atoms with E-state index in [1.807, 2.05) is 6.07 Å². The quantitative estimate of drug-likeness (QED) is 0.756. The molecule has 0 aliphatic rings. The van der Waals surface area contributed by atoms with Crippen molar-refractivity contribution in [3.05, 3.63) is 42.2 Å². The zero-order valence-corrected chi connectivity index (χ0v) is 14.5. The predicted molar refractivity (Wildman–Crippen MR) is 92.5 cm³/mol. The van der Waals surface area contributed by atoms with Crippen LogP contribution >= 0.6 is 0 Å². The van der Waals surface area contributed by atoms with Crippen molar-refractivity contribution < 1.29 is 14.1 Å². The number of nitrogens with one attached hydrogen (secondary N) is 2. The minimum atomic E-state index is -0.814. The summed E-state index contributed by atoms with van der Waals surface area (Å²) in [5.41, 5.74) is 0.486. The summed E-state index contributed by atoms with van der Waals surface area (Å²) >= 11 is 0. The molecule has 0 saturated heterocycles. The second-order valence-electron chi connectivity index (χ2n) is 6.07. The third-order valence-electron chi connectivity index (χ3n) is 3.69. The minimum absolute atomic E-state index is 0.335. The first-order chi connectivity index (χ1) is 11.9. The molecule has 0 atom stereocenters. The Labute approximate surface area is 144 Å². The SMILES string of the molecule is COc1ccc(NC(=O)NC(C)(C)c2nc(C)no2)c2cccnc12. The Morgan fingerprint density at radius 2 is 2.08 bits per heavy atom. The molecule has 2 amide bonds. The Hall–Kier alpha value is -3.16. The van der Waals surface area contributed by atoms with E-state index in [4.69, 9.17) is 9.26 Å². The molecule has 2 aromatic heterocycles. The summed E-state index contributed by atoms with van der Waals surface area (Å²) in [6.07, 6.45) is 1.68. The van der Waals surface area contributed by atoms with Gasteiger partial charge in [-0.2, -0.15) is 4.98 Å². The van der Waals surface area contributed by atoms with Crippen LogP contribution < -0.4 is 15.4 Å². The van der Waals surface area contributed by atoms with E-state index in [2.05, 4.69) is 25.8 Å². The molecular weight excluding hydrogens is 322 g/mol. The lowest BCUT2D eigenvalue weighted by Gasteiger charge is -2.22. The predicted octanol–water partition coefficient (Wildman–Crippen LogP) is 2.99. The van der Waals surface area contributed by atoms with Crippen molar-refractivity contribution >= 4 is 22.6 Å². The number of methoxy groups -OCH3 is 1. The number of pyridine rings is 1.